The molecule has 0 amide bonds. The third kappa shape index (κ3) is 42.4. The molecule has 0 heterocycles. The molecule has 6 nitrogen and oxygen atoms in total. The maximum atomic E-state index is 12.7. The molecule has 1 unspecified atom stereocenters. The van der Waals surface area contributed by atoms with Gasteiger partial charge in [-0.2, -0.15) is 0 Å². The second-order valence-corrected chi connectivity index (χ2v) is 15.4. The van der Waals surface area contributed by atoms with Crippen molar-refractivity contribution in [2.75, 3.05) is 13.2 Å². The zero-order valence-corrected chi connectivity index (χ0v) is 36.2. The van der Waals surface area contributed by atoms with Gasteiger partial charge in [0.25, 0.3) is 0 Å². The van der Waals surface area contributed by atoms with Gasteiger partial charge in [0.05, 0.1) is 0 Å². The molecule has 0 saturated heterocycles. The molecule has 55 heavy (non-hydrogen) atoms. The molecule has 0 aromatic carbocycles. The highest BCUT2D eigenvalue weighted by Crippen LogP contribution is 2.15. The number of allylic oxidation sites excluding steroid dienone is 8. The van der Waals surface area contributed by atoms with E-state index in [0.717, 1.165) is 70.6 Å². The standard InChI is InChI=1S/C49H86O6/c1-4-7-10-13-16-19-22-24-27-30-33-36-39-42-48(51)54-45-46(44-53-47(50)41-38-35-32-29-26-21-18-15-12-9-6-3)55-49(52)43-40-37-34-31-28-25-23-20-17-14-11-8-5-2/h7,10,13,16,19,22,24,27,46H,4-6,8-9,11-12,14-15,17-18,20-21,23,25-26,28-45H2,1-3H3/b10-7-,16-13-,22-19-,27-24-. The topological polar surface area (TPSA) is 78.9 Å². The van der Waals surface area contributed by atoms with Crippen LogP contribution in [-0.4, -0.2) is 37.2 Å². The van der Waals surface area contributed by atoms with E-state index >= 15 is 0 Å². The van der Waals surface area contributed by atoms with Crippen LogP contribution in [0.1, 0.15) is 226 Å². The quantitative estimate of drug-likeness (QED) is 0.0267. The zero-order valence-electron chi connectivity index (χ0n) is 36.2. The Bertz CT molecular complexity index is 980. The Morgan fingerprint density at radius 1 is 0.382 bits per heavy atom. The van der Waals surface area contributed by atoms with Crippen LogP contribution >= 0.6 is 0 Å². The zero-order chi connectivity index (χ0) is 40.1. The van der Waals surface area contributed by atoms with E-state index in [1.807, 2.05) is 36.5 Å². The fraction of sp³-hybridized carbons (Fsp3) is 0.776. The van der Waals surface area contributed by atoms with E-state index in [1.54, 1.807) is 0 Å². The number of esters is 3. The van der Waals surface area contributed by atoms with Crippen molar-refractivity contribution in [3.8, 4) is 0 Å². The Morgan fingerprint density at radius 3 is 1.11 bits per heavy atom. The summed E-state index contributed by atoms with van der Waals surface area (Å²) in [5.41, 5.74) is 0. The van der Waals surface area contributed by atoms with Crippen molar-refractivity contribution in [1.82, 2.24) is 0 Å². The summed E-state index contributed by atoms with van der Waals surface area (Å²) in [6, 6.07) is 0. The summed E-state index contributed by atoms with van der Waals surface area (Å²) in [7, 11) is 0. The third-order valence-electron chi connectivity index (χ3n) is 9.94. The van der Waals surface area contributed by atoms with Crippen LogP contribution < -0.4 is 0 Å². The summed E-state index contributed by atoms with van der Waals surface area (Å²) in [5, 5.41) is 0. The summed E-state index contributed by atoms with van der Waals surface area (Å²) >= 11 is 0. The summed E-state index contributed by atoms with van der Waals surface area (Å²) in [6.45, 7) is 6.45. The minimum absolute atomic E-state index is 0.0828. The summed E-state index contributed by atoms with van der Waals surface area (Å²) in [5.74, 6) is -0.921. The maximum Gasteiger partial charge on any atom is 0.306 e. The van der Waals surface area contributed by atoms with E-state index in [2.05, 4.69) is 32.9 Å². The molecule has 0 aliphatic heterocycles. The van der Waals surface area contributed by atoms with Gasteiger partial charge in [-0.15, -0.1) is 0 Å². The summed E-state index contributed by atoms with van der Waals surface area (Å²) in [6.07, 6.45) is 50.9. The van der Waals surface area contributed by atoms with Gasteiger partial charge in [0.15, 0.2) is 6.10 Å². The second kappa shape index (κ2) is 44.1. The number of carbonyl (C=O) groups is 3. The molecule has 0 N–H and O–H groups in total. The van der Waals surface area contributed by atoms with E-state index in [0.29, 0.717) is 19.3 Å². The number of hydrogen-bond acceptors (Lipinski definition) is 6. The SMILES string of the molecule is CC\C=C/C=C\C=C/C=C\CCCCCC(=O)OCC(COC(=O)CCCCCCCCCCCCC)OC(=O)CCCCCCCCCCCCCCC. The van der Waals surface area contributed by atoms with Gasteiger partial charge in [-0.25, -0.2) is 0 Å². The van der Waals surface area contributed by atoms with Crippen molar-refractivity contribution >= 4 is 17.9 Å². The van der Waals surface area contributed by atoms with Gasteiger partial charge >= 0.3 is 17.9 Å². The first-order valence-electron chi connectivity index (χ1n) is 23.2. The van der Waals surface area contributed by atoms with Gasteiger partial charge in [-0.3, -0.25) is 14.4 Å². The fourth-order valence-electron chi connectivity index (χ4n) is 6.45. The van der Waals surface area contributed by atoms with Gasteiger partial charge < -0.3 is 14.2 Å². The molecule has 0 fully saturated rings. The van der Waals surface area contributed by atoms with Crippen LogP contribution in [-0.2, 0) is 28.6 Å². The minimum Gasteiger partial charge on any atom is -0.462 e. The van der Waals surface area contributed by atoms with E-state index < -0.39 is 6.10 Å². The lowest BCUT2D eigenvalue weighted by Gasteiger charge is -2.18. The molecule has 0 radical (unpaired) electrons. The molecular formula is C49H86O6. The summed E-state index contributed by atoms with van der Waals surface area (Å²) < 4.78 is 16.7. The molecule has 0 aliphatic carbocycles. The fourth-order valence-corrected chi connectivity index (χ4v) is 6.45. The van der Waals surface area contributed by atoms with E-state index in [4.69, 9.17) is 14.2 Å². The monoisotopic (exact) mass is 771 g/mol. The highest BCUT2D eigenvalue weighted by molar-refractivity contribution is 5.71. The van der Waals surface area contributed by atoms with Gasteiger partial charge in [0.2, 0.25) is 0 Å². The van der Waals surface area contributed by atoms with Gasteiger partial charge in [0.1, 0.15) is 13.2 Å². The Labute approximate surface area is 339 Å². The molecule has 6 heteroatoms. The molecule has 0 aliphatic rings. The number of unbranched alkanes of at least 4 members (excludes halogenated alkanes) is 25. The molecule has 0 aromatic heterocycles. The largest absolute Gasteiger partial charge is 0.462 e. The van der Waals surface area contributed by atoms with Crippen molar-refractivity contribution in [3.05, 3.63) is 48.6 Å². The Balaban J connectivity index is 4.42. The Kier molecular flexibility index (Phi) is 42.0. The van der Waals surface area contributed by atoms with E-state index in [1.165, 1.54) is 116 Å². The van der Waals surface area contributed by atoms with Crippen molar-refractivity contribution < 1.29 is 28.6 Å². The van der Waals surface area contributed by atoms with Crippen LogP contribution in [0.3, 0.4) is 0 Å². The van der Waals surface area contributed by atoms with Crippen LogP contribution in [0.2, 0.25) is 0 Å². The molecule has 0 bridgehead atoms. The van der Waals surface area contributed by atoms with Crippen molar-refractivity contribution in [3.63, 3.8) is 0 Å². The van der Waals surface area contributed by atoms with Crippen LogP contribution in [0, 0.1) is 0 Å². The first-order valence-corrected chi connectivity index (χ1v) is 23.2. The van der Waals surface area contributed by atoms with Crippen molar-refractivity contribution in [2.45, 2.75) is 232 Å². The van der Waals surface area contributed by atoms with E-state index in [-0.39, 0.29) is 31.1 Å². The molecule has 1 atom stereocenters. The molecular weight excluding hydrogens is 685 g/mol. The second-order valence-electron chi connectivity index (χ2n) is 15.4. The first-order chi connectivity index (χ1) is 27.0. The average Bonchev–Trinajstić information content (AvgIpc) is 3.18. The number of hydrogen-bond donors (Lipinski definition) is 0. The maximum absolute atomic E-state index is 12.7. The predicted octanol–water partition coefficient (Wildman–Crippen LogP) is 14.8. The van der Waals surface area contributed by atoms with Crippen LogP contribution in [0.4, 0.5) is 0 Å². The van der Waals surface area contributed by atoms with Gasteiger partial charge in [-0.05, 0) is 38.5 Å². The smallest absolute Gasteiger partial charge is 0.306 e. The molecule has 0 aromatic rings. The minimum atomic E-state index is -0.782. The number of carbonyl (C=O) groups excluding carboxylic acids is 3. The van der Waals surface area contributed by atoms with Gasteiger partial charge in [-0.1, -0.05) is 217 Å². The summed E-state index contributed by atoms with van der Waals surface area (Å²) in [4.78, 5) is 37.7. The molecule has 318 valence electrons. The molecule has 0 spiro atoms. The van der Waals surface area contributed by atoms with Crippen LogP contribution in [0.25, 0.3) is 0 Å². The average molecular weight is 771 g/mol. The normalized spacial score (nSPS) is 12.4. The Morgan fingerprint density at radius 2 is 0.709 bits per heavy atom. The number of ether oxygens (including phenoxy) is 3. The van der Waals surface area contributed by atoms with Crippen LogP contribution in [0.5, 0.6) is 0 Å². The molecule has 0 rings (SSSR count). The Hall–Kier alpha value is -2.63. The third-order valence-corrected chi connectivity index (χ3v) is 9.94. The lowest BCUT2D eigenvalue weighted by atomic mass is 10.0. The van der Waals surface area contributed by atoms with Gasteiger partial charge in [0, 0.05) is 19.3 Å². The van der Waals surface area contributed by atoms with Crippen molar-refractivity contribution in [2.24, 2.45) is 0 Å². The lowest BCUT2D eigenvalue weighted by Crippen LogP contribution is -2.30. The highest BCUT2D eigenvalue weighted by atomic mass is 16.6. The number of rotatable bonds is 41. The lowest BCUT2D eigenvalue weighted by molar-refractivity contribution is -0.167. The van der Waals surface area contributed by atoms with Crippen LogP contribution in [0.15, 0.2) is 48.6 Å². The first kappa shape index (κ1) is 52.4. The predicted molar refractivity (Wildman–Crippen MR) is 233 cm³/mol. The van der Waals surface area contributed by atoms with E-state index in [9.17, 15) is 14.4 Å². The van der Waals surface area contributed by atoms with Crippen molar-refractivity contribution in [1.29, 1.82) is 0 Å². The highest BCUT2D eigenvalue weighted by Gasteiger charge is 2.19. The molecule has 0 saturated carbocycles.